The smallest absolute Gasteiger partial charge is 0.0623 e. The van der Waals surface area contributed by atoms with Crippen LogP contribution in [0.5, 0.6) is 0 Å². The lowest BCUT2D eigenvalue weighted by Gasteiger charge is -2.19. The summed E-state index contributed by atoms with van der Waals surface area (Å²) in [5, 5.41) is 11.0. The molecule has 0 radical (unpaired) electrons. The number of fused-ring (bicyclic) bond motifs is 8. The summed E-state index contributed by atoms with van der Waals surface area (Å²) in [5.41, 5.74) is 7.99. The number of hydrogen-bond acceptors (Lipinski definition) is 0. The summed E-state index contributed by atoms with van der Waals surface area (Å²) in [6.45, 7) is 4.97. The van der Waals surface area contributed by atoms with Gasteiger partial charge in [-0.15, -0.1) is 0 Å². The molecule has 0 amide bonds. The van der Waals surface area contributed by atoms with E-state index < -0.39 is 8.07 Å². The third-order valence-electron chi connectivity index (χ3n) is 8.84. The molecule has 0 aliphatic carbocycles. The average molecular weight is 513 g/mol. The Bertz CT molecular complexity index is 2080. The summed E-state index contributed by atoms with van der Waals surface area (Å²) in [6.07, 6.45) is 0. The first-order chi connectivity index (χ1) is 19.1. The zero-order chi connectivity index (χ0) is 26.1. The predicted molar refractivity (Wildman–Crippen MR) is 172 cm³/mol. The van der Waals surface area contributed by atoms with E-state index in [1.54, 1.807) is 10.4 Å². The van der Waals surface area contributed by atoms with E-state index in [2.05, 4.69) is 147 Å². The van der Waals surface area contributed by atoms with E-state index in [0.29, 0.717) is 0 Å². The lowest BCUT2D eigenvalue weighted by atomic mass is 9.87. The molecule has 1 aliphatic rings. The number of rotatable bonds is 2. The van der Waals surface area contributed by atoms with Crippen LogP contribution in [0.2, 0.25) is 13.1 Å². The van der Waals surface area contributed by atoms with Crippen molar-refractivity contribution in [3.05, 3.63) is 133 Å². The van der Waals surface area contributed by atoms with Gasteiger partial charge in [-0.05, 0) is 94.3 Å². The summed E-state index contributed by atoms with van der Waals surface area (Å²) >= 11 is 0. The normalized spacial score (nSPS) is 13.6. The SMILES string of the molecule is C[Si]1(C)c2ccccc2-c2cc(-c3cc4cc(-c5ccccc5)c5ccccc5c4c4ccccc34)ccc21. The first kappa shape index (κ1) is 22.5. The Morgan fingerprint density at radius 1 is 0.385 bits per heavy atom. The van der Waals surface area contributed by atoms with Gasteiger partial charge in [0.2, 0.25) is 0 Å². The summed E-state index contributed by atoms with van der Waals surface area (Å²) in [6, 6.07) is 49.8. The van der Waals surface area contributed by atoms with Crippen molar-refractivity contribution < 1.29 is 0 Å². The Labute approximate surface area is 230 Å². The zero-order valence-corrected chi connectivity index (χ0v) is 23.2. The Morgan fingerprint density at radius 3 is 1.62 bits per heavy atom. The van der Waals surface area contributed by atoms with Gasteiger partial charge in [-0.3, -0.25) is 0 Å². The maximum absolute atomic E-state index is 2.49. The van der Waals surface area contributed by atoms with Crippen molar-refractivity contribution in [1.29, 1.82) is 0 Å². The fraction of sp³-hybridized carbons (Fsp3) is 0.0526. The van der Waals surface area contributed by atoms with Crippen LogP contribution >= 0.6 is 0 Å². The minimum absolute atomic E-state index is 1.26. The van der Waals surface area contributed by atoms with Gasteiger partial charge in [0, 0.05) is 0 Å². The molecule has 1 heterocycles. The minimum Gasteiger partial charge on any atom is -0.0623 e. The molecule has 0 spiro atoms. The van der Waals surface area contributed by atoms with E-state index in [1.807, 2.05) is 0 Å². The monoisotopic (exact) mass is 512 g/mol. The highest BCUT2D eigenvalue weighted by atomic mass is 28.3. The van der Waals surface area contributed by atoms with E-state index in [0.717, 1.165) is 0 Å². The first-order valence-corrected chi connectivity index (χ1v) is 16.8. The van der Waals surface area contributed by atoms with E-state index in [4.69, 9.17) is 0 Å². The zero-order valence-electron chi connectivity index (χ0n) is 22.2. The molecule has 0 N–H and O–H groups in total. The molecule has 0 atom stereocenters. The third-order valence-corrected chi connectivity index (χ3v) is 12.4. The largest absolute Gasteiger partial charge is 0.113 e. The minimum atomic E-state index is -1.68. The highest BCUT2D eigenvalue weighted by Gasteiger charge is 2.37. The Morgan fingerprint density at radius 2 is 0.923 bits per heavy atom. The lowest BCUT2D eigenvalue weighted by molar-refractivity contribution is 1.66. The van der Waals surface area contributed by atoms with Crippen molar-refractivity contribution in [2.45, 2.75) is 13.1 Å². The summed E-state index contributed by atoms with van der Waals surface area (Å²) in [5.74, 6) is 0. The average Bonchev–Trinajstić information content (AvgIpc) is 3.22. The Balaban J connectivity index is 1.46. The topological polar surface area (TPSA) is 0 Å². The Kier molecular flexibility index (Phi) is 4.77. The van der Waals surface area contributed by atoms with Gasteiger partial charge >= 0.3 is 0 Å². The van der Waals surface area contributed by atoms with Crippen LogP contribution in [0.15, 0.2) is 133 Å². The van der Waals surface area contributed by atoms with Crippen LogP contribution in [-0.2, 0) is 0 Å². The molecule has 184 valence electrons. The Hall–Kier alpha value is -4.46. The molecule has 0 fully saturated rings. The van der Waals surface area contributed by atoms with Crippen molar-refractivity contribution in [1.82, 2.24) is 0 Å². The van der Waals surface area contributed by atoms with Crippen LogP contribution in [0.4, 0.5) is 0 Å². The second-order valence-corrected chi connectivity index (χ2v) is 15.7. The highest BCUT2D eigenvalue weighted by molar-refractivity contribution is 7.03. The van der Waals surface area contributed by atoms with Crippen LogP contribution in [0.25, 0.3) is 65.7 Å². The highest BCUT2D eigenvalue weighted by Crippen LogP contribution is 2.42. The maximum atomic E-state index is 2.49. The molecule has 8 rings (SSSR count). The maximum Gasteiger partial charge on any atom is 0.113 e. The standard InChI is InChI=1S/C38H28Si/c1-39(2)36-19-11-10-16-30(36)35-22-26(20-21-37(35)39)34-24-27-23-33(25-12-4-3-5-13-25)28-14-6-8-17-31(28)38(27)32-18-9-7-15-29(32)34/h3-24H,1-2H3. The van der Waals surface area contributed by atoms with Gasteiger partial charge in [0.15, 0.2) is 0 Å². The van der Waals surface area contributed by atoms with Crippen molar-refractivity contribution in [2.75, 3.05) is 0 Å². The van der Waals surface area contributed by atoms with Crippen LogP contribution in [0.1, 0.15) is 0 Å². The van der Waals surface area contributed by atoms with Gasteiger partial charge in [-0.2, -0.15) is 0 Å². The molecule has 7 aromatic rings. The van der Waals surface area contributed by atoms with Crippen molar-refractivity contribution in [3.63, 3.8) is 0 Å². The quantitative estimate of drug-likeness (QED) is 0.160. The fourth-order valence-corrected chi connectivity index (χ4v) is 10.0. The molecule has 0 nitrogen and oxygen atoms in total. The van der Waals surface area contributed by atoms with Crippen molar-refractivity contribution in [3.8, 4) is 33.4 Å². The number of hydrogen-bond donors (Lipinski definition) is 0. The molecule has 1 heteroatoms. The lowest BCUT2D eigenvalue weighted by Crippen LogP contribution is -2.49. The summed E-state index contributed by atoms with van der Waals surface area (Å²) in [7, 11) is -1.68. The molecule has 0 unspecified atom stereocenters. The molecule has 1 aliphatic heterocycles. The second-order valence-electron chi connectivity index (χ2n) is 11.3. The van der Waals surface area contributed by atoms with Gasteiger partial charge in [-0.25, -0.2) is 0 Å². The third kappa shape index (κ3) is 3.24. The van der Waals surface area contributed by atoms with Gasteiger partial charge < -0.3 is 0 Å². The van der Waals surface area contributed by atoms with E-state index in [1.165, 1.54) is 65.7 Å². The first-order valence-electron chi connectivity index (χ1n) is 13.8. The summed E-state index contributed by atoms with van der Waals surface area (Å²) in [4.78, 5) is 0. The van der Waals surface area contributed by atoms with E-state index >= 15 is 0 Å². The molecule has 0 aromatic heterocycles. The van der Waals surface area contributed by atoms with Crippen LogP contribution < -0.4 is 10.4 Å². The molecule has 0 saturated carbocycles. The van der Waals surface area contributed by atoms with Crippen molar-refractivity contribution in [2.24, 2.45) is 0 Å². The molecule has 0 saturated heterocycles. The van der Waals surface area contributed by atoms with Crippen LogP contribution in [0.3, 0.4) is 0 Å². The molecule has 39 heavy (non-hydrogen) atoms. The molecular weight excluding hydrogens is 485 g/mol. The molecule has 0 bridgehead atoms. The van der Waals surface area contributed by atoms with Crippen LogP contribution in [0, 0.1) is 0 Å². The van der Waals surface area contributed by atoms with Gasteiger partial charge in [-0.1, -0.05) is 128 Å². The molecule has 7 aromatic carbocycles. The van der Waals surface area contributed by atoms with E-state index in [-0.39, 0.29) is 0 Å². The van der Waals surface area contributed by atoms with E-state index in [9.17, 15) is 0 Å². The van der Waals surface area contributed by atoms with Gasteiger partial charge in [0.1, 0.15) is 8.07 Å². The fourth-order valence-electron chi connectivity index (χ4n) is 6.96. The van der Waals surface area contributed by atoms with Crippen LogP contribution in [-0.4, -0.2) is 8.07 Å². The number of benzene rings is 7. The summed E-state index contributed by atoms with van der Waals surface area (Å²) < 4.78 is 0. The predicted octanol–water partition coefficient (Wildman–Crippen LogP) is 9.28. The van der Waals surface area contributed by atoms with Gasteiger partial charge in [0.05, 0.1) is 0 Å². The molecular formula is C38H28Si. The second kappa shape index (κ2) is 8.27. The van der Waals surface area contributed by atoms with Gasteiger partial charge in [0.25, 0.3) is 0 Å². The van der Waals surface area contributed by atoms with Crippen molar-refractivity contribution >= 4 is 50.8 Å².